The monoisotopic (exact) mass is 528 g/mol. The summed E-state index contributed by atoms with van der Waals surface area (Å²) in [5.74, 6) is 1.20. The van der Waals surface area contributed by atoms with Crippen molar-refractivity contribution in [2.24, 2.45) is 0 Å². The number of tetrazole rings is 1. The molecule has 0 spiro atoms. The number of carbonyl (C=O) groups is 1. The number of hydrogen-bond donors (Lipinski definition) is 3. The summed E-state index contributed by atoms with van der Waals surface area (Å²) in [6, 6.07) is 19.0. The highest BCUT2D eigenvalue weighted by molar-refractivity contribution is 6.00. The smallest absolute Gasteiger partial charge is 0.323 e. The molecule has 0 saturated carbocycles. The van der Waals surface area contributed by atoms with Crippen LogP contribution in [0.2, 0.25) is 0 Å². The molecule has 202 valence electrons. The van der Waals surface area contributed by atoms with Crippen molar-refractivity contribution in [3.63, 3.8) is 0 Å². The molecule has 2 aromatic heterocycles. The number of aromatic amines is 1. The molecule has 0 bridgehead atoms. The summed E-state index contributed by atoms with van der Waals surface area (Å²) >= 11 is 0. The van der Waals surface area contributed by atoms with Crippen LogP contribution in [-0.2, 0) is 9.47 Å². The fourth-order valence-corrected chi connectivity index (χ4v) is 4.65. The van der Waals surface area contributed by atoms with Crippen LogP contribution < -0.4 is 15.5 Å². The Hall–Kier alpha value is -4.35. The topological polar surface area (TPSA) is 130 Å². The lowest BCUT2D eigenvalue weighted by Crippen LogP contribution is -2.42. The summed E-state index contributed by atoms with van der Waals surface area (Å²) in [6.45, 7) is 4.58. The number of urea groups is 1. The van der Waals surface area contributed by atoms with Crippen LogP contribution in [0.3, 0.4) is 0 Å². The van der Waals surface area contributed by atoms with Gasteiger partial charge < -0.3 is 25.0 Å². The van der Waals surface area contributed by atoms with Gasteiger partial charge in [0.25, 0.3) is 0 Å². The van der Waals surface area contributed by atoms with Crippen LogP contribution in [0.1, 0.15) is 18.4 Å². The number of pyridine rings is 1. The van der Waals surface area contributed by atoms with Crippen molar-refractivity contribution in [3.8, 4) is 22.6 Å². The van der Waals surface area contributed by atoms with Gasteiger partial charge in [0.2, 0.25) is 5.82 Å². The second kappa shape index (κ2) is 12.5. The average molecular weight is 529 g/mol. The van der Waals surface area contributed by atoms with E-state index >= 15 is 0 Å². The number of amides is 2. The molecule has 0 unspecified atom stereocenters. The van der Waals surface area contributed by atoms with Gasteiger partial charge in [-0.1, -0.05) is 42.0 Å². The Kier molecular flexibility index (Phi) is 8.39. The number of aromatic nitrogens is 5. The van der Waals surface area contributed by atoms with Crippen molar-refractivity contribution >= 4 is 23.2 Å². The number of H-pyrrole nitrogens is 1. The van der Waals surface area contributed by atoms with E-state index in [0.717, 1.165) is 35.3 Å². The molecule has 1 aliphatic heterocycles. The van der Waals surface area contributed by atoms with Crippen molar-refractivity contribution in [2.45, 2.75) is 25.8 Å². The Balaban J connectivity index is 1.53. The van der Waals surface area contributed by atoms with Crippen molar-refractivity contribution in [2.75, 3.05) is 49.0 Å². The van der Waals surface area contributed by atoms with Crippen LogP contribution in [-0.4, -0.2) is 71.2 Å². The zero-order valence-corrected chi connectivity index (χ0v) is 22.1. The van der Waals surface area contributed by atoms with E-state index in [2.05, 4.69) is 36.2 Å². The van der Waals surface area contributed by atoms with Gasteiger partial charge in [-0.2, -0.15) is 5.21 Å². The number of nitrogens with zero attached hydrogens (tertiary/aromatic N) is 5. The van der Waals surface area contributed by atoms with E-state index in [1.807, 2.05) is 67.6 Å². The zero-order chi connectivity index (χ0) is 27.0. The van der Waals surface area contributed by atoms with E-state index in [0.29, 0.717) is 49.3 Å². The number of methoxy groups -OCH3 is 1. The fourth-order valence-electron chi connectivity index (χ4n) is 4.65. The largest absolute Gasteiger partial charge is 0.383 e. The third-order valence-electron chi connectivity index (χ3n) is 6.63. The highest BCUT2D eigenvalue weighted by atomic mass is 16.5. The molecule has 2 amide bonds. The van der Waals surface area contributed by atoms with Crippen LogP contribution in [0.5, 0.6) is 0 Å². The lowest BCUT2D eigenvalue weighted by molar-refractivity contribution is 0.0826. The van der Waals surface area contributed by atoms with Gasteiger partial charge >= 0.3 is 6.03 Å². The maximum Gasteiger partial charge on any atom is 0.323 e. The molecule has 1 fully saturated rings. The van der Waals surface area contributed by atoms with Crippen molar-refractivity contribution in [1.82, 2.24) is 25.6 Å². The lowest BCUT2D eigenvalue weighted by atomic mass is 10.0. The molecular formula is C28H32N8O3. The molecule has 0 aliphatic carbocycles. The first-order valence-corrected chi connectivity index (χ1v) is 12.9. The van der Waals surface area contributed by atoms with Crippen LogP contribution in [0, 0.1) is 6.92 Å². The number of ether oxygens (including phenoxy) is 2. The quantitative estimate of drug-likeness (QED) is 0.289. The van der Waals surface area contributed by atoms with E-state index in [4.69, 9.17) is 14.5 Å². The van der Waals surface area contributed by atoms with E-state index < -0.39 is 0 Å². The number of nitrogens with one attached hydrogen (secondary N) is 3. The van der Waals surface area contributed by atoms with Crippen LogP contribution >= 0.6 is 0 Å². The Morgan fingerprint density at radius 3 is 2.51 bits per heavy atom. The molecule has 2 aromatic carbocycles. The molecule has 39 heavy (non-hydrogen) atoms. The highest BCUT2D eigenvalue weighted by Crippen LogP contribution is 2.33. The van der Waals surface area contributed by atoms with Gasteiger partial charge in [-0.05, 0) is 43.2 Å². The molecule has 0 atom stereocenters. The minimum Gasteiger partial charge on any atom is -0.383 e. The molecule has 0 radical (unpaired) electrons. The molecule has 1 saturated heterocycles. The van der Waals surface area contributed by atoms with Crippen molar-refractivity contribution in [1.29, 1.82) is 0 Å². The molecule has 4 aromatic rings. The summed E-state index contributed by atoms with van der Waals surface area (Å²) < 4.78 is 11.0. The third-order valence-corrected chi connectivity index (χ3v) is 6.63. The summed E-state index contributed by atoms with van der Waals surface area (Å²) in [4.78, 5) is 20.3. The highest BCUT2D eigenvalue weighted by Gasteiger charge is 2.24. The summed E-state index contributed by atoms with van der Waals surface area (Å²) in [6.07, 6.45) is 1.76. The number of hydrogen-bond acceptors (Lipinski definition) is 8. The molecule has 11 heteroatoms. The standard InChI is InChI=1S/C28H32N8O3/c1-19-7-9-20(10-8-19)29-28(37)30-21-17-25(23-5-3-4-6-24(23)27-32-34-35-33-27)31-26(18-21)36(13-16-38-2)22-11-14-39-15-12-22/h3-10,17-18,22H,11-16H2,1-2H3,(H2,29,30,31,37)(H,32,33,34,35). The van der Waals surface area contributed by atoms with E-state index in [1.165, 1.54) is 0 Å². The third kappa shape index (κ3) is 6.57. The Bertz CT molecular complexity index is 1370. The van der Waals surface area contributed by atoms with Crippen LogP contribution in [0.25, 0.3) is 22.6 Å². The van der Waals surface area contributed by atoms with E-state index in [1.54, 1.807) is 7.11 Å². The normalized spacial score (nSPS) is 13.7. The van der Waals surface area contributed by atoms with E-state index in [9.17, 15) is 4.79 Å². The van der Waals surface area contributed by atoms with Gasteiger partial charge in [-0.3, -0.25) is 0 Å². The molecule has 1 aliphatic rings. The van der Waals surface area contributed by atoms with Crippen molar-refractivity contribution < 1.29 is 14.3 Å². The minimum absolute atomic E-state index is 0.235. The van der Waals surface area contributed by atoms with Gasteiger partial charge in [-0.15, -0.1) is 10.2 Å². The molecule has 3 heterocycles. The van der Waals surface area contributed by atoms with E-state index in [-0.39, 0.29) is 12.1 Å². The molecule has 11 nitrogen and oxygen atoms in total. The first-order chi connectivity index (χ1) is 19.1. The average Bonchev–Trinajstić information content (AvgIpc) is 3.50. The first kappa shape index (κ1) is 26.3. The summed E-state index contributed by atoms with van der Waals surface area (Å²) in [5, 5.41) is 20.5. The van der Waals surface area contributed by atoms with Crippen molar-refractivity contribution in [3.05, 3.63) is 66.2 Å². The van der Waals surface area contributed by atoms with Gasteiger partial charge in [0.15, 0.2) is 0 Å². The number of carbonyl (C=O) groups excluding carboxylic acids is 1. The number of rotatable bonds is 9. The predicted octanol–water partition coefficient (Wildman–Crippen LogP) is 4.51. The predicted molar refractivity (Wildman–Crippen MR) is 150 cm³/mol. The Labute approximate surface area is 226 Å². The van der Waals surface area contributed by atoms with Gasteiger partial charge in [0.1, 0.15) is 5.82 Å². The maximum absolute atomic E-state index is 13.0. The molecule has 5 rings (SSSR count). The molecule has 3 N–H and O–H groups in total. The van der Waals surface area contributed by atoms with Crippen LogP contribution in [0.15, 0.2) is 60.7 Å². The number of benzene rings is 2. The summed E-state index contributed by atoms with van der Waals surface area (Å²) in [7, 11) is 1.69. The second-order valence-corrected chi connectivity index (χ2v) is 9.36. The summed E-state index contributed by atoms with van der Waals surface area (Å²) in [5.41, 5.74) is 4.71. The lowest BCUT2D eigenvalue weighted by Gasteiger charge is -2.35. The number of anilines is 3. The Morgan fingerprint density at radius 2 is 1.79 bits per heavy atom. The minimum atomic E-state index is -0.345. The van der Waals surface area contributed by atoms with Gasteiger partial charge in [0.05, 0.1) is 12.3 Å². The maximum atomic E-state index is 13.0. The fraction of sp³-hybridized carbons (Fsp3) is 0.321. The second-order valence-electron chi connectivity index (χ2n) is 9.36. The SMILES string of the molecule is COCCN(c1cc(NC(=O)Nc2ccc(C)cc2)cc(-c2ccccc2-c2nn[nH]n2)n1)C1CCOCC1. The Morgan fingerprint density at radius 1 is 1.05 bits per heavy atom. The molecular weight excluding hydrogens is 496 g/mol. The van der Waals surface area contributed by atoms with Gasteiger partial charge in [0, 0.05) is 61.5 Å². The zero-order valence-electron chi connectivity index (χ0n) is 22.1. The first-order valence-electron chi connectivity index (χ1n) is 12.9. The van der Waals surface area contributed by atoms with Gasteiger partial charge in [-0.25, -0.2) is 9.78 Å². The number of aryl methyl sites for hydroxylation is 1. The van der Waals surface area contributed by atoms with Crippen LogP contribution in [0.4, 0.5) is 22.0 Å².